The van der Waals surface area contributed by atoms with Gasteiger partial charge >= 0.3 is 12.1 Å². The SMILES string of the molecule is COC(=O)CCCn1cc(-n2ccc(=O)c(Cc3cccc(NC(=O)OCC(C)C)c3)n2)cn1. The van der Waals surface area contributed by atoms with E-state index in [9.17, 15) is 14.4 Å². The average Bonchev–Trinajstić information content (AvgIpc) is 3.28. The highest BCUT2D eigenvalue weighted by atomic mass is 16.5. The molecule has 2 heterocycles. The van der Waals surface area contributed by atoms with Crippen LogP contribution in [0.25, 0.3) is 5.69 Å². The Kier molecular flexibility index (Phi) is 8.55. The van der Waals surface area contributed by atoms with Crippen LogP contribution in [0.3, 0.4) is 0 Å². The molecule has 3 aromatic rings. The Bertz CT molecular complexity index is 1180. The molecular weight excluding hydrogens is 438 g/mol. The molecule has 10 heteroatoms. The number of anilines is 1. The first-order chi connectivity index (χ1) is 16.3. The van der Waals surface area contributed by atoms with Crippen molar-refractivity contribution in [1.82, 2.24) is 19.6 Å². The summed E-state index contributed by atoms with van der Waals surface area (Å²) in [6, 6.07) is 8.66. The predicted octanol–water partition coefficient (Wildman–Crippen LogP) is 3.18. The zero-order valence-electron chi connectivity index (χ0n) is 19.6. The summed E-state index contributed by atoms with van der Waals surface area (Å²) >= 11 is 0. The third-order valence-corrected chi connectivity index (χ3v) is 4.85. The smallest absolute Gasteiger partial charge is 0.411 e. The van der Waals surface area contributed by atoms with Gasteiger partial charge in [-0.15, -0.1) is 0 Å². The highest BCUT2D eigenvalue weighted by molar-refractivity contribution is 5.84. The molecule has 0 radical (unpaired) electrons. The third kappa shape index (κ3) is 7.29. The molecule has 34 heavy (non-hydrogen) atoms. The number of ether oxygens (including phenoxy) is 2. The van der Waals surface area contributed by atoms with Gasteiger partial charge in [0.25, 0.3) is 0 Å². The number of nitrogens with one attached hydrogen (secondary N) is 1. The van der Waals surface area contributed by atoms with Crippen molar-refractivity contribution >= 4 is 17.7 Å². The summed E-state index contributed by atoms with van der Waals surface area (Å²) in [4.78, 5) is 35.6. The number of aromatic nitrogens is 4. The van der Waals surface area contributed by atoms with Gasteiger partial charge in [-0.1, -0.05) is 26.0 Å². The van der Waals surface area contributed by atoms with Crippen LogP contribution in [0.15, 0.2) is 53.7 Å². The van der Waals surface area contributed by atoms with Gasteiger partial charge in [0.2, 0.25) is 5.43 Å². The van der Waals surface area contributed by atoms with Gasteiger partial charge in [0.15, 0.2) is 0 Å². The lowest BCUT2D eigenvalue weighted by Crippen LogP contribution is -2.17. The highest BCUT2D eigenvalue weighted by Crippen LogP contribution is 2.14. The molecule has 180 valence electrons. The van der Waals surface area contributed by atoms with Gasteiger partial charge in [-0.3, -0.25) is 19.6 Å². The number of aryl methyl sites for hydroxylation is 1. The number of hydrogen-bond donors (Lipinski definition) is 1. The normalized spacial score (nSPS) is 10.8. The average molecular weight is 468 g/mol. The topological polar surface area (TPSA) is 117 Å². The summed E-state index contributed by atoms with van der Waals surface area (Å²) in [5, 5.41) is 11.5. The van der Waals surface area contributed by atoms with E-state index in [2.05, 4.69) is 20.3 Å². The first-order valence-corrected chi connectivity index (χ1v) is 11.0. The Morgan fingerprint density at radius 3 is 2.79 bits per heavy atom. The molecule has 0 spiro atoms. The van der Waals surface area contributed by atoms with Gasteiger partial charge < -0.3 is 9.47 Å². The number of benzene rings is 1. The predicted molar refractivity (Wildman–Crippen MR) is 126 cm³/mol. The molecule has 10 nitrogen and oxygen atoms in total. The van der Waals surface area contributed by atoms with Crippen LogP contribution in [-0.4, -0.2) is 45.3 Å². The van der Waals surface area contributed by atoms with Crippen LogP contribution in [0.5, 0.6) is 0 Å². The Balaban J connectivity index is 1.67. The summed E-state index contributed by atoms with van der Waals surface area (Å²) in [6.07, 6.45) is 5.73. The molecule has 0 bridgehead atoms. The molecule has 0 saturated carbocycles. The van der Waals surface area contributed by atoms with Crippen LogP contribution in [0, 0.1) is 5.92 Å². The Labute approximate surface area is 197 Å². The highest BCUT2D eigenvalue weighted by Gasteiger charge is 2.10. The molecule has 0 unspecified atom stereocenters. The molecule has 1 aromatic carbocycles. The van der Waals surface area contributed by atoms with E-state index >= 15 is 0 Å². The Morgan fingerprint density at radius 1 is 1.21 bits per heavy atom. The molecule has 1 N–H and O–H groups in total. The van der Waals surface area contributed by atoms with Crippen LogP contribution < -0.4 is 10.7 Å². The van der Waals surface area contributed by atoms with Crippen molar-refractivity contribution in [2.24, 2.45) is 5.92 Å². The second kappa shape index (κ2) is 11.8. The Hall–Kier alpha value is -3.95. The number of rotatable bonds is 10. The van der Waals surface area contributed by atoms with Crippen LogP contribution in [-0.2, 0) is 27.2 Å². The number of carbonyl (C=O) groups excluding carboxylic acids is 2. The maximum absolute atomic E-state index is 12.4. The van der Waals surface area contributed by atoms with E-state index in [4.69, 9.17) is 4.74 Å². The quantitative estimate of drug-likeness (QED) is 0.455. The standard InChI is InChI=1S/C24H29N5O5/c1-17(2)16-34-24(32)26-19-7-4-6-18(12-19)13-21-22(30)9-11-29(27-21)20-14-25-28(15-20)10-5-8-23(31)33-3/h4,6-7,9,11-12,14-15,17H,5,8,10,13,16H2,1-3H3,(H,26,32). The molecule has 0 aliphatic heterocycles. The van der Waals surface area contributed by atoms with Crippen LogP contribution in [0.2, 0.25) is 0 Å². The van der Waals surface area contributed by atoms with E-state index in [1.807, 2.05) is 19.9 Å². The monoisotopic (exact) mass is 467 g/mol. The number of esters is 1. The van der Waals surface area contributed by atoms with E-state index in [1.165, 1.54) is 13.2 Å². The molecule has 0 saturated heterocycles. The number of nitrogens with zero attached hydrogens (tertiary/aromatic N) is 4. The molecule has 0 atom stereocenters. The van der Waals surface area contributed by atoms with Crippen molar-refractivity contribution in [1.29, 1.82) is 0 Å². The lowest BCUT2D eigenvalue weighted by molar-refractivity contribution is -0.140. The first-order valence-electron chi connectivity index (χ1n) is 11.0. The maximum atomic E-state index is 12.4. The van der Waals surface area contributed by atoms with Crippen molar-refractivity contribution in [2.45, 2.75) is 39.7 Å². The van der Waals surface area contributed by atoms with Crippen LogP contribution in [0.4, 0.5) is 10.5 Å². The van der Waals surface area contributed by atoms with Crippen molar-refractivity contribution in [3.63, 3.8) is 0 Å². The van der Waals surface area contributed by atoms with E-state index in [0.29, 0.717) is 49.5 Å². The van der Waals surface area contributed by atoms with Gasteiger partial charge in [0.1, 0.15) is 11.4 Å². The summed E-state index contributed by atoms with van der Waals surface area (Å²) in [5.41, 5.74) is 2.28. The van der Waals surface area contributed by atoms with E-state index in [0.717, 1.165) is 5.56 Å². The largest absolute Gasteiger partial charge is 0.469 e. The Morgan fingerprint density at radius 2 is 2.03 bits per heavy atom. The van der Waals surface area contributed by atoms with Gasteiger partial charge in [-0.25, -0.2) is 9.48 Å². The molecule has 0 aliphatic rings. The van der Waals surface area contributed by atoms with Gasteiger partial charge in [0, 0.05) is 37.3 Å². The molecule has 2 aromatic heterocycles. The fourth-order valence-electron chi connectivity index (χ4n) is 3.14. The van der Waals surface area contributed by atoms with Crippen molar-refractivity contribution in [3.8, 4) is 5.69 Å². The zero-order chi connectivity index (χ0) is 24.5. The van der Waals surface area contributed by atoms with Crippen molar-refractivity contribution in [2.75, 3.05) is 19.0 Å². The fourth-order valence-corrected chi connectivity index (χ4v) is 3.14. The van der Waals surface area contributed by atoms with Crippen molar-refractivity contribution in [3.05, 3.63) is 70.4 Å². The molecular formula is C24H29N5O5. The van der Waals surface area contributed by atoms with Crippen molar-refractivity contribution < 1.29 is 19.1 Å². The van der Waals surface area contributed by atoms with Gasteiger partial charge in [0.05, 0.1) is 26.1 Å². The van der Waals surface area contributed by atoms with Gasteiger partial charge in [-0.2, -0.15) is 10.2 Å². The molecule has 1 amide bonds. The molecule has 0 aliphatic carbocycles. The number of methoxy groups -OCH3 is 1. The summed E-state index contributed by atoms with van der Waals surface area (Å²) < 4.78 is 13.1. The third-order valence-electron chi connectivity index (χ3n) is 4.85. The number of amides is 1. The minimum Gasteiger partial charge on any atom is -0.469 e. The summed E-state index contributed by atoms with van der Waals surface area (Å²) in [5.74, 6) is -0.0128. The van der Waals surface area contributed by atoms with E-state index < -0.39 is 6.09 Å². The lowest BCUT2D eigenvalue weighted by atomic mass is 10.1. The number of carbonyl (C=O) groups is 2. The summed E-state index contributed by atoms with van der Waals surface area (Å²) in [6.45, 7) is 4.82. The van der Waals surface area contributed by atoms with Crippen LogP contribution in [0.1, 0.15) is 37.9 Å². The van der Waals surface area contributed by atoms with E-state index in [1.54, 1.807) is 46.2 Å². The second-order valence-electron chi connectivity index (χ2n) is 8.21. The second-order valence-corrected chi connectivity index (χ2v) is 8.21. The number of hydrogen-bond acceptors (Lipinski definition) is 7. The van der Waals surface area contributed by atoms with E-state index in [-0.39, 0.29) is 17.3 Å². The fraction of sp³-hybridized carbons (Fsp3) is 0.375. The molecule has 0 fully saturated rings. The first kappa shape index (κ1) is 24.7. The molecule has 3 rings (SSSR count). The maximum Gasteiger partial charge on any atom is 0.411 e. The van der Waals surface area contributed by atoms with Crippen LogP contribution >= 0.6 is 0 Å². The lowest BCUT2D eigenvalue weighted by Gasteiger charge is -2.10. The minimum absolute atomic E-state index is 0.184. The minimum atomic E-state index is -0.519. The zero-order valence-corrected chi connectivity index (χ0v) is 19.6. The summed E-state index contributed by atoms with van der Waals surface area (Å²) in [7, 11) is 1.36. The van der Waals surface area contributed by atoms with Gasteiger partial charge in [-0.05, 0) is 30.0 Å².